The van der Waals surface area contributed by atoms with Gasteiger partial charge in [-0.2, -0.15) is 0 Å². The molecule has 0 heterocycles. The maximum absolute atomic E-state index is 9.00. The third-order valence-corrected chi connectivity index (χ3v) is 4.63. The van der Waals surface area contributed by atoms with Gasteiger partial charge in [0.15, 0.2) is 0 Å². The van der Waals surface area contributed by atoms with Gasteiger partial charge in [-0.1, -0.05) is 49.2 Å². The summed E-state index contributed by atoms with van der Waals surface area (Å²) in [4.78, 5) is 0. The maximum Gasteiger partial charge on any atom is 0.137 e. The second kappa shape index (κ2) is 7.75. The van der Waals surface area contributed by atoms with Gasteiger partial charge in [0.05, 0.1) is 23.3 Å². The molecule has 0 aromatic carbocycles. The highest BCUT2D eigenvalue weighted by Crippen LogP contribution is 2.50. The van der Waals surface area contributed by atoms with Crippen LogP contribution in [0, 0.1) is 5.41 Å². The second-order valence-electron chi connectivity index (χ2n) is 5.88. The highest BCUT2D eigenvalue weighted by atomic mass is 35.5. The van der Waals surface area contributed by atoms with E-state index in [0.717, 1.165) is 11.1 Å². The van der Waals surface area contributed by atoms with Gasteiger partial charge in [0.1, 0.15) is 24.7 Å². The molecule has 128 valence electrons. The number of aliphatic hydroxyl groups is 2. The van der Waals surface area contributed by atoms with E-state index in [1.807, 2.05) is 12.2 Å². The molecule has 2 rings (SSSR count). The summed E-state index contributed by atoms with van der Waals surface area (Å²) in [6.45, 7) is 4.37. The number of hydrogen-bond acceptors (Lipinski definition) is 4. The van der Waals surface area contributed by atoms with Crippen LogP contribution in [0.5, 0.6) is 0 Å². The topological polar surface area (TPSA) is 58.9 Å². The Bertz CT molecular complexity index is 535. The second-order valence-corrected chi connectivity index (χ2v) is 6.79. The third kappa shape index (κ3) is 3.77. The van der Waals surface area contributed by atoms with Gasteiger partial charge in [0.25, 0.3) is 0 Å². The van der Waals surface area contributed by atoms with E-state index < -0.39 is 5.41 Å². The fraction of sp³-hybridized carbons (Fsp3) is 0.529. The van der Waals surface area contributed by atoms with Gasteiger partial charge in [-0.05, 0) is 0 Å². The summed E-state index contributed by atoms with van der Waals surface area (Å²) in [5, 5.41) is 19.3. The zero-order valence-electron chi connectivity index (χ0n) is 13.4. The molecule has 0 atom stereocenters. The van der Waals surface area contributed by atoms with E-state index in [4.69, 9.17) is 42.9 Å². The molecular weight excluding hydrogens is 339 g/mol. The first kappa shape index (κ1) is 18.4. The maximum atomic E-state index is 9.00. The molecule has 0 saturated carbocycles. The molecule has 0 bridgehead atoms. The molecule has 0 aromatic rings. The summed E-state index contributed by atoms with van der Waals surface area (Å²) in [6.07, 6.45) is 5.29. The molecule has 2 aliphatic rings. The average molecular weight is 361 g/mol. The van der Waals surface area contributed by atoms with E-state index in [-0.39, 0.29) is 26.4 Å². The summed E-state index contributed by atoms with van der Waals surface area (Å²) in [5.74, 6) is 1.24. The van der Waals surface area contributed by atoms with Crippen LogP contribution in [0.15, 0.2) is 44.9 Å². The van der Waals surface area contributed by atoms with Crippen molar-refractivity contribution in [1.82, 2.24) is 0 Å². The van der Waals surface area contributed by atoms with Crippen molar-refractivity contribution in [2.45, 2.75) is 26.7 Å². The van der Waals surface area contributed by atoms with Crippen LogP contribution in [0.2, 0.25) is 0 Å². The van der Waals surface area contributed by atoms with Crippen molar-refractivity contribution in [2.24, 2.45) is 5.41 Å². The molecule has 2 N–H and O–H groups in total. The van der Waals surface area contributed by atoms with Gasteiger partial charge in [-0.15, -0.1) is 0 Å². The van der Waals surface area contributed by atoms with Crippen molar-refractivity contribution in [3.63, 3.8) is 0 Å². The molecule has 0 aromatic heterocycles. The van der Waals surface area contributed by atoms with Gasteiger partial charge in [-0.25, -0.2) is 0 Å². The van der Waals surface area contributed by atoms with Crippen molar-refractivity contribution in [2.75, 3.05) is 26.4 Å². The predicted octanol–water partition coefficient (Wildman–Crippen LogP) is 3.59. The van der Waals surface area contributed by atoms with Crippen molar-refractivity contribution in [3.8, 4) is 0 Å². The Morgan fingerprint density at radius 3 is 1.65 bits per heavy atom. The largest absolute Gasteiger partial charge is 0.490 e. The Morgan fingerprint density at radius 2 is 1.30 bits per heavy atom. The number of halogens is 2. The van der Waals surface area contributed by atoms with Crippen LogP contribution in [-0.2, 0) is 9.47 Å². The molecule has 0 spiro atoms. The minimum Gasteiger partial charge on any atom is -0.490 e. The predicted molar refractivity (Wildman–Crippen MR) is 91.0 cm³/mol. The minimum absolute atomic E-state index is 0.0688. The normalized spacial score (nSPS) is 18.5. The van der Waals surface area contributed by atoms with Crippen LogP contribution in [0.1, 0.15) is 26.7 Å². The van der Waals surface area contributed by atoms with Crippen LogP contribution < -0.4 is 0 Å². The van der Waals surface area contributed by atoms with E-state index in [0.29, 0.717) is 34.4 Å². The summed E-state index contributed by atoms with van der Waals surface area (Å²) < 4.78 is 11.3. The molecular formula is C17H22Cl2O4. The number of allylic oxidation sites excluding steroid dienone is 6. The fourth-order valence-corrected chi connectivity index (χ4v) is 3.34. The molecule has 0 saturated heterocycles. The van der Waals surface area contributed by atoms with Crippen molar-refractivity contribution in [1.29, 1.82) is 0 Å². The first-order valence-corrected chi connectivity index (χ1v) is 8.35. The third-order valence-electron chi connectivity index (χ3n) is 3.97. The van der Waals surface area contributed by atoms with Gasteiger partial charge in [-0.3, -0.25) is 0 Å². The van der Waals surface area contributed by atoms with E-state index in [9.17, 15) is 0 Å². The Kier molecular flexibility index (Phi) is 6.20. The Hall–Kier alpha value is -0.940. The summed E-state index contributed by atoms with van der Waals surface area (Å²) >= 11 is 12.5. The van der Waals surface area contributed by atoms with Crippen LogP contribution in [0.4, 0.5) is 0 Å². The lowest BCUT2D eigenvalue weighted by molar-refractivity contribution is 0.139. The number of aliphatic hydroxyl groups excluding tert-OH is 2. The highest BCUT2D eigenvalue weighted by molar-refractivity contribution is 6.31. The van der Waals surface area contributed by atoms with Gasteiger partial charge >= 0.3 is 0 Å². The summed E-state index contributed by atoms with van der Waals surface area (Å²) in [5.41, 5.74) is 1.50. The quantitative estimate of drug-likeness (QED) is 0.694. The molecule has 0 fully saturated rings. The van der Waals surface area contributed by atoms with E-state index in [1.165, 1.54) is 0 Å². The van der Waals surface area contributed by atoms with Crippen molar-refractivity contribution < 1.29 is 19.7 Å². The molecule has 0 unspecified atom stereocenters. The molecule has 23 heavy (non-hydrogen) atoms. The fourth-order valence-electron chi connectivity index (χ4n) is 2.88. The lowest BCUT2D eigenvalue weighted by atomic mass is 9.76. The summed E-state index contributed by atoms with van der Waals surface area (Å²) in [7, 11) is 0. The smallest absolute Gasteiger partial charge is 0.137 e. The molecule has 0 radical (unpaired) electrons. The average Bonchev–Trinajstić information content (AvgIpc) is 3.07. The highest BCUT2D eigenvalue weighted by Gasteiger charge is 2.39. The van der Waals surface area contributed by atoms with Gasteiger partial charge in [0, 0.05) is 29.4 Å². The van der Waals surface area contributed by atoms with Crippen LogP contribution in [-0.4, -0.2) is 36.6 Å². The summed E-state index contributed by atoms with van der Waals surface area (Å²) in [6, 6.07) is 0. The standard InChI is InChI=1S/C17H22Cl2O4/c1-17(2,11-3-5-13(18)15(11)22-9-7-20)12-4-6-14(19)16(12)23-10-8-21/h3-4,20-21H,5-10H2,1-2H3. The molecule has 2 aliphatic carbocycles. The van der Waals surface area contributed by atoms with E-state index in [1.54, 1.807) is 0 Å². The van der Waals surface area contributed by atoms with Crippen molar-refractivity contribution >= 4 is 23.2 Å². The number of rotatable bonds is 8. The number of hydrogen-bond donors (Lipinski definition) is 2. The Morgan fingerprint density at radius 1 is 0.913 bits per heavy atom. The molecule has 4 nitrogen and oxygen atoms in total. The first-order chi connectivity index (χ1) is 10.9. The van der Waals surface area contributed by atoms with Gasteiger partial charge < -0.3 is 19.7 Å². The zero-order chi connectivity index (χ0) is 17.0. The molecule has 0 aliphatic heterocycles. The van der Waals surface area contributed by atoms with Crippen LogP contribution >= 0.6 is 23.2 Å². The lowest BCUT2D eigenvalue weighted by Crippen LogP contribution is -2.22. The Balaban J connectivity index is 2.28. The van der Waals surface area contributed by atoms with Crippen molar-refractivity contribution in [3.05, 3.63) is 44.9 Å². The first-order valence-electron chi connectivity index (χ1n) is 7.60. The Labute approximate surface area is 146 Å². The van der Waals surface area contributed by atoms with E-state index in [2.05, 4.69) is 13.8 Å². The van der Waals surface area contributed by atoms with E-state index >= 15 is 0 Å². The number of ether oxygens (including phenoxy) is 2. The lowest BCUT2D eigenvalue weighted by Gasteiger charge is -2.31. The van der Waals surface area contributed by atoms with Crippen LogP contribution in [0.25, 0.3) is 0 Å². The molecule has 6 heteroatoms. The minimum atomic E-state index is -0.414. The van der Waals surface area contributed by atoms with Crippen LogP contribution in [0.3, 0.4) is 0 Å². The zero-order valence-corrected chi connectivity index (χ0v) is 14.9. The molecule has 0 amide bonds. The monoisotopic (exact) mass is 360 g/mol. The SMILES string of the molecule is CC(C)(C1=CCC(Cl)=C1OCCO)C1=CCC(Cl)=C1OCCO. The van der Waals surface area contributed by atoms with Gasteiger partial charge in [0.2, 0.25) is 0 Å².